The summed E-state index contributed by atoms with van der Waals surface area (Å²) in [6, 6.07) is 3.88. The number of hydrogen-bond acceptors (Lipinski definition) is 4. The van der Waals surface area contributed by atoms with Gasteiger partial charge in [-0.15, -0.1) is 0 Å². The van der Waals surface area contributed by atoms with E-state index in [2.05, 4.69) is 38.0 Å². The second-order valence-electron chi connectivity index (χ2n) is 5.34. The Bertz CT molecular complexity index is 506. The van der Waals surface area contributed by atoms with E-state index < -0.39 is 0 Å². The SMILES string of the molecule is CCc1ccc(-c2cnc(CNC(C)(C)C)o2)o1. The van der Waals surface area contributed by atoms with E-state index in [1.54, 1.807) is 6.20 Å². The first-order valence-electron chi connectivity index (χ1n) is 6.27. The molecular weight excluding hydrogens is 228 g/mol. The highest BCUT2D eigenvalue weighted by Crippen LogP contribution is 2.23. The van der Waals surface area contributed by atoms with E-state index in [9.17, 15) is 0 Å². The highest BCUT2D eigenvalue weighted by molar-refractivity contribution is 5.48. The number of aromatic nitrogens is 1. The number of oxazole rings is 1. The van der Waals surface area contributed by atoms with E-state index >= 15 is 0 Å². The summed E-state index contributed by atoms with van der Waals surface area (Å²) < 4.78 is 11.3. The molecule has 0 amide bonds. The molecule has 2 aromatic heterocycles. The standard InChI is InChI=1S/C14H20N2O2/c1-5-10-6-7-11(17-10)12-8-15-13(18-12)9-16-14(2,3)4/h6-8,16H,5,9H2,1-4H3. The molecular formula is C14H20N2O2. The minimum absolute atomic E-state index is 0.0503. The minimum Gasteiger partial charge on any atom is -0.458 e. The molecule has 0 bridgehead atoms. The lowest BCUT2D eigenvalue weighted by molar-refractivity contribution is 0.380. The van der Waals surface area contributed by atoms with Gasteiger partial charge in [-0.1, -0.05) is 6.92 Å². The first kappa shape index (κ1) is 12.9. The van der Waals surface area contributed by atoms with Gasteiger partial charge in [0.1, 0.15) is 5.76 Å². The minimum atomic E-state index is 0.0503. The van der Waals surface area contributed by atoms with Crippen LogP contribution in [0.15, 0.2) is 27.2 Å². The van der Waals surface area contributed by atoms with Crippen molar-refractivity contribution in [2.75, 3.05) is 0 Å². The average molecular weight is 248 g/mol. The predicted molar refractivity (Wildman–Crippen MR) is 70.2 cm³/mol. The largest absolute Gasteiger partial charge is 0.458 e. The van der Waals surface area contributed by atoms with Crippen LogP contribution < -0.4 is 5.32 Å². The number of aryl methyl sites for hydroxylation is 1. The first-order valence-corrected chi connectivity index (χ1v) is 6.27. The molecule has 98 valence electrons. The Labute approximate surface area is 107 Å². The van der Waals surface area contributed by atoms with Crippen molar-refractivity contribution < 1.29 is 8.83 Å². The fourth-order valence-corrected chi connectivity index (χ4v) is 1.55. The molecule has 18 heavy (non-hydrogen) atoms. The van der Waals surface area contributed by atoms with Crippen LogP contribution in [0.4, 0.5) is 0 Å². The molecule has 4 heteroatoms. The maximum absolute atomic E-state index is 5.66. The third-order valence-corrected chi connectivity index (χ3v) is 2.58. The van der Waals surface area contributed by atoms with Crippen LogP contribution in [0, 0.1) is 0 Å². The van der Waals surface area contributed by atoms with Gasteiger partial charge in [0.15, 0.2) is 11.5 Å². The topological polar surface area (TPSA) is 51.2 Å². The Hall–Kier alpha value is -1.55. The van der Waals surface area contributed by atoms with Gasteiger partial charge in [0, 0.05) is 12.0 Å². The Balaban J connectivity index is 2.06. The molecule has 0 aromatic carbocycles. The van der Waals surface area contributed by atoms with E-state index in [4.69, 9.17) is 8.83 Å². The Morgan fingerprint density at radius 3 is 2.56 bits per heavy atom. The van der Waals surface area contributed by atoms with Gasteiger partial charge in [-0.05, 0) is 32.9 Å². The van der Waals surface area contributed by atoms with Crippen LogP contribution in [0.25, 0.3) is 11.5 Å². The van der Waals surface area contributed by atoms with E-state index in [0.717, 1.165) is 17.9 Å². The molecule has 0 saturated carbocycles. The van der Waals surface area contributed by atoms with E-state index in [1.807, 2.05) is 12.1 Å². The van der Waals surface area contributed by atoms with E-state index in [1.165, 1.54) is 0 Å². The van der Waals surface area contributed by atoms with Crippen LogP contribution in [-0.4, -0.2) is 10.5 Å². The van der Waals surface area contributed by atoms with E-state index in [0.29, 0.717) is 18.2 Å². The molecule has 2 aromatic rings. The number of rotatable bonds is 4. The number of nitrogens with zero attached hydrogens (tertiary/aromatic N) is 1. The number of hydrogen-bond donors (Lipinski definition) is 1. The fraction of sp³-hybridized carbons (Fsp3) is 0.500. The molecule has 0 unspecified atom stereocenters. The number of nitrogens with one attached hydrogen (secondary N) is 1. The zero-order chi connectivity index (χ0) is 13.2. The van der Waals surface area contributed by atoms with E-state index in [-0.39, 0.29) is 5.54 Å². The molecule has 2 heterocycles. The van der Waals surface area contributed by atoms with Crippen molar-refractivity contribution in [3.63, 3.8) is 0 Å². The highest BCUT2D eigenvalue weighted by Gasteiger charge is 2.13. The van der Waals surface area contributed by atoms with Crippen LogP contribution >= 0.6 is 0 Å². The lowest BCUT2D eigenvalue weighted by atomic mass is 10.1. The summed E-state index contributed by atoms with van der Waals surface area (Å²) in [5.74, 6) is 3.05. The van der Waals surface area contributed by atoms with Gasteiger partial charge in [-0.25, -0.2) is 4.98 Å². The molecule has 0 radical (unpaired) electrons. The third-order valence-electron chi connectivity index (χ3n) is 2.58. The lowest BCUT2D eigenvalue weighted by Gasteiger charge is -2.18. The Morgan fingerprint density at radius 1 is 1.17 bits per heavy atom. The maximum atomic E-state index is 5.66. The van der Waals surface area contributed by atoms with Gasteiger partial charge in [0.2, 0.25) is 5.89 Å². The molecule has 0 fully saturated rings. The van der Waals surface area contributed by atoms with Crippen molar-refractivity contribution in [1.29, 1.82) is 0 Å². The molecule has 0 aliphatic rings. The van der Waals surface area contributed by atoms with Crippen molar-refractivity contribution in [1.82, 2.24) is 10.3 Å². The van der Waals surface area contributed by atoms with Crippen LogP contribution in [0.5, 0.6) is 0 Å². The summed E-state index contributed by atoms with van der Waals surface area (Å²) in [7, 11) is 0. The molecule has 2 rings (SSSR count). The quantitative estimate of drug-likeness (QED) is 0.901. The summed E-state index contributed by atoms with van der Waals surface area (Å²) in [4.78, 5) is 4.24. The van der Waals surface area contributed by atoms with Crippen molar-refractivity contribution in [3.05, 3.63) is 30.0 Å². The molecule has 0 atom stereocenters. The molecule has 0 saturated heterocycles. The molecule has 1 N–H and O–H groups in total. The summed E-state index contributed by atoms with van der Waals surface area (Å²) in [6.07, 6.45) is 2.59. The molecule has 4 nitrogen and oxygen atoms in total. The zero-order valence-corrected chi connectivity index (χ0v) is 11.4. The number of furan rings is 1. The molecule has 0 aliphatic heterocycles. The first-order chi connectivity index (χ1) is 8.48. The smallest absolute Gasteiger partial charge is 0.209 e. The Kier molecular flexibility index (Phi) is 3.57. The second kappa shape index (κ2) is 4.98. The highest BCUT2D eigenvalue weighted by atomic mass is 16.4. The summed E-state index contributed by atoms with van der Waals surface area (Å²) in [6.45, 7) is 9.00. The van der Waals surface area contributed by atoms with Gasteiger partial charge in [-0.3, -0.25) is 0 Å². The normalized spacial score (nSPS) is 12.0. The van der Waals surface area contributed by atoms with Crippen LogP contribution in [0.2, 0.25) is 0 Å². The second-order valence-corrected chi connectivity index (χ2v) is 5.34. The molecule has 0 spiro atoms. The van der Waals surface area contributed by atoms with Crippen molar-refractivity contribution in [2.24, 2.45) is 0 Å². The summed E-state index contributed by atoms with van der Waals surface area (Å²) >= 11 is 0. The summed E-state index contributed by atoms with van der Waals surface area (Å²) in [5.41, 5.74) is 0.0503. The van der Waals surface area contributed by atoms with Crippen molar-refractivity contribution in [2.45, 2.75) is 46.2 Å². The lowest BCUT2D eigenvalue weighted by Crippen LogP contribution is -2.35. The van der Waals surface area contributed by atoms with Crippen LogP contribution in [0.1, 0.15) is 39.3 Å². The van der Waals surface area contributed by atoms with Gasteiger partial charge in [0.05, 0.1) is 12.7 Å². The predicted octanol–water partition coefficient (Wildman–Crippen LogP) is 3.39. The molecule has 0 aliphatic carbocycles. The fourth-order valence-electron chi connectivity index (χ4n) is 1.55. The Morgan fingerprint density at radius 2 is 1.94 bits per heavy atom. The van der Waals surface area contributed by atoms with Crippen LogP contribution in [0.3, 0.4) is 0 Å². The maximum Gasteiger partial charge on any atom is 0.209 e. The van der Waals surface area contributed by atoms with Gasteiger partial charge < -0.3 is 14.2 Å². The van der Waals surface area contributed by atoms with Gasteiger partial charge >= 0.3 is 0 Å². The summed E-state index contributed by atoms with van der Waals surface area (Å²) in [5, 5.41) is 3.33. The third kappa shape index (κ3) is 3.23. The zero-order valence-electron chi connectivity index (χ0n) is 11.4. The van der Waals surface area contributed by atoms with Crippen LogP contribution in [-0.2, 0) is 13.0 Å². The van der Waals surface area contributed by atoms with Crippen molar-refractivity contribution in [3.8, 4) is 11.5 Å². The van der Waals surface area contributed by atoms with Crippen molar-refractivity contribution >= 4 is 0 Å². The monoisotopic (exact) mass is 248 g/mol. The van der Waals surface area contributed by atoms with Gasteiger partial charge in [-0.2, -0.15) is 0 Å². The van der Waals surface area contributed by atoms with Gasteiger partial charge in [0.25, 0.3) is 0 Å². The average Bonchev–Trinajstić information content (AvgIpc) is 2.94.